The topological polar surface area (TPSA) is 215 Å². The van der Waals surface area contributed by atoms with E-state index in [-0.39, 0.29) is 10.9 Å². The number of rotatable bonds is 15. The maximum Gasteiger partial charge on any atom is 0.303 e. The van der Waals surface area contributed by atoms with Crippen LogP contribution < -0.4 is 5.32 Å². The lowest BCUT2D eigenvalue weighted by atomic mass is 9.95. The number of carbonyl (C=O) groups excluding carboxylic acids is 7. The number of amides is 1. The van der Waals surface area contributed by atoms with Crippen LogP contribution in [0, 0.1) is 0 Å². The van der Waals surface area contributed by atoms with Gasteiger partial charge in [-0.25, -0.2) is 0 Å². The van der Waals surface area contributed by atoms with Gasteiger partial charge in [0.2, 0.25) is 5.91 Å². The summed E-state index contributed by atoms with van der Waals surface area (Å²) in [5, 5.41) is 2.55. The van der Waals surface area contributed by atoms with Gasteiger partial charge in [-0.3, -0.25) is 33.6 Å². The molecule has 0 unspecified atom stereocenters. The molecule has 0 bridgehead atoms. The molecule has 2 aliphatic rings. The Bertz CT molecular complexity index is 1170. The third kappa shape index (κ3) is 13.1. The lowest BCUT2D eigenvalue weighted by Gasteiger charge is -2.49. The first-order valence-corrected chi connectivity index (χ1v) is 17.0. The highest BCUT2D eigenvalue weighted by Crippen LogP contribution is 2.35. The molecule has 0 aliphatic carbocycles. The minimum absolute atomic E-state index is 0.0662. The van der Waals surface area contributed by atoms with E-state index >= 15 is 0 Å². The predicted octanol–water partition coefficient (Wildman–Crippen LogP) is 0.275. The number of thioether (sulfide) groups is 2. The van der Waals surface area contributed by atoms with Crippen molar-refractivity contribution in [2.75, 3.05) is 31.0 Å². The monoisotopic (exact) mass is 725 g/mol. The van der Waals surface area contributed by atoms with E-state index in [1.807, 2.05) is 0 Å². The summed E-state index contributed by atoms with van der Waals surface area (Å²) in [6, 6.07) is -1.16. The number of carbonyl (C=O) groups is 7. The van der Waals surface area contributed by atoms with Crippen LogP contribution in [0.25, 0.3) is 0 Å². The van der Waals surface area contributed by atoms with Gasteiger partial charge in [0.05, 0.1) is 0 Å². The second-order valence-corrected chi connectivity index (χ2v) is 13.1. The normalized spacial score (nSPS) is 29.9. The Morgan fingerprint density at radius 3 is 1.69 bits per heavy atom. The van der Waals surface area contributed by atoms with Gasteiger partial charge in [-0.1, -0.05) is 11.8 Å². The Kier molecular flexibility index (Phi) is 17.1. The first-order chi connectivity index (χ1) is 22.5. The van der Waals surface area contributed by atoms with Crippen molar-refractivity contribution in [1.82, 2.24) is 5.32 Å². The molecule has 10 atom stereocenters. The highest BCUT2D eigenvalue weighted by Gasteiger charge is 2.56. The maximum atomic E-state index is 12.4. The van der Waals surface area contributed by atoms with Crippen molar-refractivity contribution < 1.29 is 76.2 Å². The van der Waals surface area contributed by atoms with Crippen molar-refractivity contribution in [3.63, 3.8) is 0 Å². The first kappa shape index (κ1) is 41.2. The van der Waals surface area contributed by atoms with E-state index in [4.69, 9.17) is 42.6 Å². The summed E-state index contributed by atoms with van der Waals surface area (Å²) in [5.41, 5.74) is 0. The summed E-state index contributed by atoms with van der Waals surface area (Å²) in [6.45, 7) is 7.83. The summed E-state index contributed by atoms with van der Waals surface area (Å²) in [6.07, 6.45) is -12.1. The summed E-state index contributed by atoms with van der Waals surface area (Å²) < 4.78 is 51.5. The molecule has 0 aromatic rings. The van der Waals surface area contributed by atoms with Gasteiger partial charge in [-0.15, -0.1) is 0 Å². The molecular weight excluding hydrogens is 682 g/mol. The van der Waals surface area contributed by atoms with Crippen molar-refractivity contribution in [2.45, 2.75) is 110 Å². The molecule has 2 fully saturated rings. The molecular formula is C29H43NO16S2. The zero-order valence-electron chi connectivity index (χ0n) is 28.0. The Balaban J connectivity index is 2.64. The van der Waals surface area contributed by atoms with Crippen molar-refractivity contribution >= 4 is 64.4 Å². The van der Waals surface area contributed by atoms with Crippen LogP contribution in [0.3, 0.4) is 0 Å². The lowest BCUT2D eigenvalue weighted by Crippen LogP contribution is -2.69. The zero-order valence-corrected chi connectivity index (χ0v) is 29.6. The maximum absolute atomic E-state index is 12.4. The van der Waals surface area contributed by atoms with E-state index in [0.29, 0.717) is 11.5 Å². The van der Waals surface area contributed by atoms with Crippen LogP contribution >= 0.6 is 23.5 Å². The largest absolute Gasteiger partial charge is 0.463 e. The molecule has 1 N–H and O–H groups in total. The molecule has 2 rings (SSSR count). The zero-order chi connectivity index (χ0) is 36.1. The minimum Gasteiger partial charge on any atom is -0.463 e. The van der Waals surface area contributed by atoms with Gasteiger partial charge in [-0.2, -0.15) is 11.8 Å². The fourth-order valence-corrected chi connectivity index (χ4v) is 6.78. The fourth-order valence-electron chi connectivity index (χ4n) is 5.02. The van der Waals surface area contributed by atoms with Crippen LogP contribution in [-0.2, 0) is 76.2 Å². The molecule has 0 radical (unpaired) electrons. The average Bonchev–Trinajstić information content (AvgIpc) is 2.95. The molecule has 48 heavy (non-hydrogen) atoms. The quantitative estimate of drug-likeness (QED) is 0.136. The smallest absolute Gasteiger partial charge is 0.303 e. The summed E-state index contributed by atoms with van der Waals surface area (Å²) in [4.78, 5) is 84.6. The molecule has 0 spiro atoms. The van der Waals surface area contributed by atoms with Gasteiger partial charge >= 0.3 is 29.8 Å². The average molecular weight is 726 g/mol. The first-order valence-electron chi connectivity index (χ1n) is 14.8. The predicted molar refractivity (Wildman–Crippen MR) is 166 cm³/mol. The van der Waals surface area contributed by atoms with Crippen LogP contribution in [0.15, 0.2) is 0 Å². The van der Waals surface area contributed by atoms with Crippen molar-refractivity contribution in [3.05, 3.63) is 0 Å². The van der Waals surface area contributed by atoms with Gasteiger partial charge in [0.15, 0.2) is 42.1 Å². The molecule has 2 aliphatic heterocycles. The molecule has 0 aromatic heterocycles. The Hall–Kier alpha value is -2.97. The minimum atomic E-state index is -1.61. The van der Waals surface area contributed by atoms with E-state index in [1.165, 1.54) is 32.7 Å². The van der Waals surface area contributed by atoms with Gasteiger partial charge < -0.3 is 47.9 Å². The number of nitrogens with one attached hydrogen (secondary N) is 1. The third-order valence-corrected chi connectivity index (χ3v) is 8.74. The number of esters is 5. The molecule has 272 valence electrons. The Morgan fingerprint density at radius 1 is 0.625 bits per heavy atom. The highest BCUT2D eigenvalue weighted by atomic mass is 32.2. The Labute approximate surface area is 286 Å². The third-order valence-electron chi connectivity index (χ3n) is 6.61. The second-order valence-electron chi connectivity index (χ2n) is 10.7. The van der Waals surface area contributed by atoms with Crippen molar-refractivity contribution in [3.8, 4) is 0 Å². The van der Waals surface area contributed by atoms with E-state index in [0.717, 1.165) is 46.4 Å². The Morgan fingerprint density at radius 2 is 1.17 bits per heavy atom. The molecule has 17 nitrogen and oxygen atoms in total. The van der Waals surface area contributed by atoms with Gasteiger partial charge in [0.25, 0.3) is 0 Å². The molecule has 2 saturated heterocycles. The van der Waals surface area contributed by atoms with E-state index in [1.54, 1.807) is 0 Å². The van der Waals surface area contributed by atoms with Gasteiger partial charge in [0, 0.05) is 72.8 Å². The van der Waals surface area contributed by atoms with Crippen LogP contribution in [-0.4, -0.2) is 133 Å². The summed E-state index contributed by atoms with van der Waals surface area (Å²) in [7, 11) is 1.28. The highest BCUT2D eigenvalue weighted by molar-refractivity contribution is 8.14. The molecule has 1 amide bonds. The van der Waals surface area contributed by atoms with Crippen molar-refractivity contribution in [1.29, 1.82) is 0 Å². The molecule has 0 aromatic carbocycles. The van der Waals surface area contributed by atoms with Gasteiger partial charge in [0.1, 0.15) is 31.0 Å². The van der Waals surface area contributed by atoms with E-state index in [2.05, 4.69) is 5.32 Å². The second kappa shape index (κ2) is 19.9. The number of hydrogen-bond acceptors (Lipinski definition) is 18. The number of hydrogen-bond donors (Lipinski definition) is 1. The number of methoxy groups -OCH3 is 1. The van der Waals surface area contributed by atoms with E-state index in [9.17, 15) is 33.6 Å². The van der Waals surface area contributed by atoms with Crippen molar-refractivity contribution in [2.24, 2.45) is 0 Å². The summed E-state index contributed by atoms with van der Waals surface area (Å²) in [5.74, 6) is -3.29. The van der Waals surface area contributed by atoms with Crippen LogP contribution in [0.5, 0.6) is 0 Å². The van der Waals surface area contributed by atoms with Crippen LogP contribution in [0.1, 0.15) is 48.5 Å². The SMILES string of the molecule is CO[C@@H]1O[C@H](COC(C)=O)[C@H](O[C@@H]2O[C@H](CSCCSC(C)=O)[C@H](OC(C)=O)[C@H](OC(C)=O)[C@H]2OC(C)=O)[C@H](OC(C)=O)[C@H]1NC(C)=O. The molecule has 2 heterocycles. The van der Waals surface area contributed by atoms with E-state index < -0.39 is 104 Å². The van der Waals surface area contributed by atoms with Crippen LogP contribution in [0.2, 0.25) is 0 Å². The standard InChI is InChI=1S/C29H43NO16S2/c1-13(31)30-22-25(41-16(4)34)23(20(11-39-14(2)32)44-28(22)38-8)46-29-27(43-18(6)36)26(42-17(5)35)24(40-15(3)33)21(45-29)12-47-9-10-48-19(7)37/h20-29H,9-12H2,1-8H3,(H,30,31)/t20-,21-,22-,23+,24+,25-,26+,27-,28-,29+/m1/s1. The molecule has 19 heteroatoms. The fraction of sp³-hybridized carbons (Fsp3) is 0.759. The number of ether oxygens (including phenoxy) is 9. The van der Waals surface area contributed by atoms with Gasteiger partial charge in [-0.05, 0) is 0 Å². The van der Waals surface area contributed by atoms with Crippen LogP contribution in [0.4, 0.5) is 0 Å². The molecule has 0 saturated carbocycles. The lowest BCUT2D eigenvalue weighted by molar-refractivity contribution is -0.344. The summed E-state index contributed by atoms with van der Waals surface area (Å²) >= 11 is 2.46.